The third-order valence-electron chi connectivity index (χ3n) is 6.15. The standard InChI is InChI=1S/C22H33N3O2/c1-16-9-12-25(13-10-16)22(27)19-7-3-4-8-20(19)24-21(26)14-17(2)18-6-5-11-23-15-18/h3-4,7-8,16-18,23H,5-6,9-15H2,1-2H3,(H,24,26). The minimum absolute atomic E-state index is 0.000546. The Bertz CT molecular complexity index is 647. The van der Waals surface area contributed by atoms with Crippen molar-refractivity contribution in [2.75, 3.05) is 31.5 Å². The molecule has 2 atom stereocenters. The second-order valence-corrected chi connectivity index (χ2v) is 8.36. The van der Waals surface area contributed by atoms with Crippen LogP contribution in [0.3, 0.4) is 0 Å². The number of hydrogen-bond donors (Lipinski definition) is 2. The first-order valence-corrected chi connectivity index (χ1v) is 10.4. The number of piperidine rings is 2. The number of hydrogen-bond acceptors (Lipinski definition) is 3. The van der Waals surface area contributed by atoms with Crippen molar-refractivity contribution < 1.29 is 9.59 Å². The van der Waals surface area contributed by atoms with Crippen LogP contribution in [-0.4, -0.2) is 42.9 Å². The van der Waals surface area contributed by atoms with Crippen molar-refractivity contribution in [1.29, 1.82) is 0 Å². The fourth-order valence-corrected chi connectivity index (χ4v) is 4.19. The molecule has 0 spiro atoms. The lowest BCUT2D eigenvalue weighted by Gasteiger charge is -2.31. The van der Waals surface area contributed by atoms with Gasteiger partial charge in [-0.05, 0) is 68.7 Å². The molecular formula is C22H33N3O2. The number of carbonyl (C=O) groups is 2. The van der Waals surface area contributed by atoms with Crippen LogP contribution in [-0.2, 0) is 4.79 Å². The number of benzene rings is 1. The molecule has 3 rings (SSSR count). The molecule has 0 aromatic heterocycles. The maximum absolute atomic E-state index is 12.9. The van der Waals surface area contributed by atoms with Gasteiger partial charge in [-0.3, -0.25) is 9.59 Å². The van der Waals surface area contributed by atoms with Crippen LogP contribution in [0.4, 0.5) is 5.69 Å². The zero-order valence-electron chi connectivity index (χ0n) is 16.7. The number of rotatable bonds is 5. The van der Waals surface area contributed by atoms with Gasteiger partial charge in [-0.25, -0.2) is 0 Å². The summed E-state index contributed by atoms with van der Waals surface area (Å²) in [5.74, 6) is 1.60. The summed E-state index contributed by atoms with van der Waals surface area (Å²) in [7, 11) is 0. The highest BCUT2D eigenvalue weighted by atomic mass is 16.2. The van der Waals surface area contributed by atoms with Crippen molar-refractivity contribution >= 4 is 17.5 Å². The molecule has 27 heavy (non-hydrogen) atoms. The van der Waals surface area contributed by atoms with E-state index in [-0.39, 0.29) is 11.8 Å². The maximum atomic E-state index is 12.9. The molecule has 5 nitrogen and oxygen atoms in total. The Morgan fingerprint density at radius 3 is 2.67 bits per heavy atom. The fraction of sp³-hybridized carbons (Fsp3) is 0.636. The predicted molar refractivity (Wildman–Crippen MR) is 109 cm³/mol. The molecule has 2 N–H and O–H groups in total. The Morgan fingerprint density at radius 1 is 1.22 bits per heavy atom. The zero-order chi connectivity index (χ0) is 19.2. The first-order chi connectivity index (χ1) is 13.0. The first-order valence-electron chi connectivity index (χ1n) is 10.4. The van der Waals surface area contributed by atoms with Crippen molar-refractivity contribution in [1.82, 2.24) is 10.2 Å². The Hall–Kier alpha value is -1.88. The molecule has 0 bridgehead atoms. The summed E-state index contributed by atoms with van der Waals surface area (Å²) >= 11 is 0. The molecule has 2 aliphatic heterocycles. The lowest BCUT2D eigenvalue weighted by atomic mass is 9.85. The molecule has 148 valence electrons. The maximum Gasteiger partial charge on any atom is 0.255 e. The Labute approximate surface area is 162 Å². The van der Waals surface area contributed by atoms with Crippen molar-refractivity contribution in [2.45, 2.75) is 46.0 Å². The van der Waals surface area contributed by atoms with E-state index in [9.17, 15) is 9.59 Å². The Balaban J connectivity index is 1.61. The average Bonchev–Trinajstić information content (AvgIpc) is 2.69. The van der Waals surface area contributed by atoms with Crippen LogP contribution in [0.5, 0.6) is 0 Å². The minimum atomic E-state index is 0.000546. The van der Waals surface area contributed by atoms with Gasteiger partial charge in [-0.2, -0.15) is 0 Å². The van der Waals surface area contributed by atoms with Gasteiger partial charge in [0.25, 0.3) is 5.91 Å². The third kappa shape index (κ3) is 5.32. The summed E-state index contributed by atoms with van der Waals surface area (Å²) < 4.78 is 0. The van der Waals surface area contributed by atoms with Gasteiger partial charge in [0.1, 0.15) is 0 Å². The SMILES string of the molecule is CC1CCN(C(=O)c2ccccc2NC(=O)CC(C)C2CCCNC2)CC1. The summed E-state index contributed by atoms with van der Waals surface area (Å²) in [6.07, 6.45) is 4.96. The van der Waals surface area contributed by atoms with E-state index in [1.807, 2.05) is 29.2 Å². The Morgan fingerprint density at radius 2 is 1.96 bits per heavy atom. The van der Waals surface area contributed by atoms with Gasteiger partial charge in [0.2, 0.25) is 5.91 Å². The predicted octanol–water partition coefficient (Wildman–Crippen LogP) is 3.52. The molecule has 1 aromatic rings. The molecule has 2 heterocycles. The monoisotopic (exact) mass is 371 g/mol. The van der Waals surface area contributed by atoms with Crippen molar-refractivity contribution in [3.63, 3.8) is 0 Å². The number of carbonyl (C=O) groups excluding carboxylic acids is 2. The van der Waals surface area contributed by atoms with Crippen molar-refractivity contribution in [2.24, 2.45) is 17.8 Å². The molecule has 2 fully saturated rings. The molecule has 2 aliphatic rings. The second-order valence-electron chi connectivity index (χ2n) is 8.36. The number of nitrogens with one attached hydrogen (secondary N) is 2. The van der Waals surface area contributed by atoms with Gasteiger partial charge in [0, 0.05) is 19.5 Å². The summed E-state index contributed by atoms with van der Waals surface area (Å²) in [5, 5.41) is 6.42. The van der Waals surface area contributed by atoms with Crippen molar-refractivity contribution in [3.05, 3.63) is 29.8 Å². The largest absolute Gasteiger partial charge is 0.339 e. The van der Waals surface area contributed by atoms with E-state index in [0.29, 0.717) is 35.4 Å². The molecule has 1 aromatic carbocycles. The number of amides is 2. The van der Waals surface area contributed by atoms with E-state index in [0.717, 1.165) is 39.0 Å². The molecule has 2 saturated heterocycles. The van der Waals surface area contributed by atoms with E-state index in [4.69, 9.17) is 0 Å². The van der Waals surface area contributed by atoms with Crippen LogP contribution in [0.1, 0.15) is 56.3 Å². The van der Waals surface area contributed by atoms with E-state index < -0.39 is 0 Å². The number of nitrogens with zero attached hydrogens (tertiary/aromatic N) is 1. The van der Waals surface area contributed by atoms with E-state index >= 15 is 0 Å². The minimum Gasteiger partial charge on any atom is -0.339 e. The first kappa shape index (κ1) is 19.9. The number of likely N-dealkylation sites (tertiary alicyclic amines) is 1. The van der Waals surface area contributed by atoms with E-state index in [1.165, 1.54) is 12.8 Å². The summed E-state index contributed by atoms with van der Waals surface area (Å²) in [4.78, 5) is 27.5. The third-order valence-corrected chi connectivity index (χ3v) is 6.15. The van der Waals surface area contributed by atoms with E-state index in [2.05, 4.69) is 24.5 Å². The topological polar surface area (TPSA) is 61.4 Å². The lowest BCUT2D eigenvalue weighted by Crippen LogP contribution is -2.38. The van der Waals surface area contributed by atoms with Crippen molar-refractivity contribution in [3.8, 4) is 0 Å². The molecule has 0 aliphatic carbocycles. The van der Waals surface area contributed by atoms with Gasteiger partial charge in [0.15, 0.2) is 0 Å². The average molecular weight is 372 g/mol. The highest BCUT2D eigenvalue weighted by Crippen LogP contribution is 2.25. The van der Waals surface area contributed by atoms with Gasteiger partial charge in [-0.1, -0.05) is 26.0 Å². The molecule has 5 heteroatoms. The quantitative estimate of drug-likeness (QED) is 0.832. The van der Waals surface area contributed by atoms with Crippen LogP contribution in [0.15, 0.2) is 24.3 Å². The highest BCUT2D eigenvalue weighted by molar-refractivity contribution is 6.03. The Kier molecular flexibility index (Phi) is 6.89. The smallest absolute Gasteiger partial charge is 0.255 e. The number of anilines is 1. The summed E-state index contributed by atoms with van der Waals surface area (Å²) in [5.41, 5.74) is 1.24. The van der Waals surface area contributed by atoms with Crippen LogP contribution in [0, 0.1) is 17.8 Å². The van der Waals surface area contributed by atoms with Gasteiger partial charge in [0.05, 0.1) is 11.3 Å². The molecule has 2 amide bonds. The molecule has 2 unspecified atom stereocenters. The fourth-order valence-electron chi connectivity index (χ4n) is 4.19. The second kappa shape index (κ2) is 9.36. The summed E-state index contributed by atoms with van der Waals surface area (Å²) in [6.45, 7) is 8.07. The zero-order valence-corrected chi connectivity index (χ0v) is 16.7. The molecule has 0 saturated carbocycles. The van der Waals surface area contributed by atoms with Crippen LogP contribution in [0.25, 0.3) is 0 Å². The van der Waals surface area contributed by atoms with Crippen LogP contribution < -0.4 is 10.6 Å². The van der Waals surface area contributed by atoms with Gasteiger partial charge < -0.3 is 15.5 Å². The van der Waals surface area contributed by atoms with Crippen LogP contribution >= 0.6 is 0 Å². The number of para-hydroxylation sites is 1. The van der Waals surface area contributed by atoms with Gasteiger partial charge in [-0.15, -0.1) is 0 Å². The normalized spacial score (nSPS) is 22.3. The van der Waals surface area contributed by atoms with E-state index in [1.54, 1.807) is 0 Å². The summed E-state index contributed by atoms with van der Waals surface area (Å²) in [6, 6.07) is 7.40. The van der Waals surface area contributed by atoms with Gasteiger partial charge >= 0.3 is 0 Å². The molecule has 0 radical (unpaired) electrons. The van der Waals surface area contributed by atoms with Crippen LogP contribution in [0.2, 0.25) is 0 Å². The highest BCUT2D eigenvalue weighted by Gasteiger charge is 2.25. The molecular weight excluding hydrogens is 338 g/mol. The lowest BCUT2D eigenvalue weighted by molar-refractivity contribution is -0.117.